The molecule has 1 aliphatic rings. The van der Waals surface area contributed by atoms with Crippen molar-refractivity contribution in [3.8, 4) is 11.3 Å². The number of aromatic nitrogens is 2. The second kappa shape index (κ2) is 11.0. The van der Waals surface area contributed by atoms with E-state index < -0.39 is 11.7 Å². The predicted molar refractivity (Wildman–Crippen MR) is 144 cm³/mol. The van der Waals surface area contributed by atoms with Gasteiger partial charge in [-0.25, -0.2) is 4.98 Å². The number of nitrogens with one attached hydrogen (secondary N) is 2. The molecular formula is C29H32F3N5O. The summed E-state index contributed by atoms with van der Waals surface area (Å²) in [7, 11) is 3.98. The van der Waals surface area contributed by atoms with Crippen molar-refractivity contribution in [2.75, 3.05) is 30.9 Å². The van der Waals surface area contributed by atoms with Crippen LogP contribution in [0.5, 0.6) is 0 Å². The smallest absolute Gasteiger partial charge is 0.417 e. The SMILES string of the molecule is CN(C)c1nc(N[C@H]2CC[C@@H](CNCc3ccc(-c4ccccc4C(F)(F)F)o3)CC2)nc2ccccc12. The number of alkyl halides is 3. The summed E-state index contributed by atoms with van der Waals surface area (Å²) in [5.74, 6) is 2.95. The van der Waals surface area contributed by atoms with Crippen LogP contribution in [0.2, 0.25) is 0 Å². The quantitative estimate of drug-likeness (QED) is 0.267. The standard InChI is InChI=1S/C29H32F3N5O/c1-37(2)27-23-8-4-6-10-25(23)35-28(36-27)34-20-13-11-19(12-14-20)17-33-18-21-15-16-26(38-21)22-7-3-5-9-24(22)29(30,31)32/h3-10,15-16,19-20,33H,11-14,17-18H2,1-2H3,(H,34,35,36)/t19-,20+. The van der Waals surface area contributed by atoms with Crippen molar-refractivity contribution in [1.29, 1.82) is 0 Å². The van der Waals surface area contributed by atoms with Crippen LogP contribution in [0.4, 0.5) is 24.9 Å². The van der Waals surface area contributed by atoms with Gasteiger partial charge >= 0.3 is 6.18 Å². The maximum Gasteiger partial charge on any atom is 0.417 e. The Kier molecular flexibility index (Phi) is 7.56. The number of benzene rings is 2. The van der Waals surface area contributed by atoms with E-state index in [1.807, 2.05) is 43.3 Å². The summed E-state index contributed by atoms with van der Waals surface area (Å²) < 4.78 is 45.8. The van der Waals surface area contributed by atoms with Crippen LogP contribution >= 0.6 is 0 Å². The zero-order chi connectivity index (χ0) is 26.7. The largest absolute Gasteiger partial charge is 0.460 e. The van der Waals surface area contributed by atoms with Crippen molar-refractivity contribution >= 4 is 22.7 Å². The lowest BCUT2D eigenvalue weighted by atomic mass is 9.86. The molecule has 1 aliphatic carbocycles. The Morgan fingerprint density at radius 3 is 2.42 bits per heavy atom. The lowest BCUT2D eigenvalue weighted by molar-refractivity contribution is -0.137. The molecule has 1 saturated carbocycles. The molecule has 0 spiro atoms. The van der Waals surface area contributed by atoms with Gasteiger partial charge in [0, 0.05) is 31.1 Å². The third-order valence-electron chi connectivity index (χ3n) is 7.08. The van der Waals surface area contributed by atoms with Gasteiger partial charge in [0.05, 0.1) is 17.6 Å². The molecule has 1 fully saturated rings. The Hall–Kier alpha value is -3.59. The first kappa shape index (κ1) is 26.0. The van der Waals surface area contributed by atoms with E-state index in [4.69, 9.17) is 14.4 Å². The molecule has 5 rings (SSSR count). The Bertz CT molecular complexity index is 1380. The van der Waals surface area contributed by atoms with Crippen molar-refractivity contribution in [1.82, 2.24) is 15.3 Å². The Labute approximate surface area is 220 Å². The van der Waals surface area contributed by atoms with E-state index in [1.165, 1.54) is 12.1 Å². The van der Waals surface area contributed by atoms with Crippen LogP contribution in [0.15, 0.2) is 65.1 Å². The number of rotatable bonds is 8. The van der Waals surface area contributed by atoms with E-state index >= 15 is 0 Å². The first-order valence-corrected chi connectivity index (χ1v) is 12.9. The van der Waals surface area contributed by atoms with Crippen LogP contribution < -0.4 is 15.5 Å². The first-order valence-electron chi connectivity index (χ1n) is 12.9. The van der Waals surface area contributed by atoms with Crippen LogP contribution in [0.25, 0.3) is 22.2 Å². The lowest BCUT2D eigenvalue weighted by Crippen LogP contribution is -2.31. The van der Waals surface area contributed by atoms with Gasteiger partial charge in [0.25, 0.3) is 0 Å². The van der Waals surface area contributed by atoms with Gasteiger partial charge in [0.2, 0.25) is 5.95 Å². The van der Waals surface area contributed by atoms with Gasteiger partial charge in [-0.05, 0) is 68.5 Å². The molecule has 0 amide bonds. The van der Waals surface area contributed by atoms with Gasteiger partial charge in [0.1, 0.15) is 17.3 Å². The lowest BCUT2D eigenvalue weighted by Gasteiger charge is -2.29. The number of anilines is 2. The molecular weight excluding hydrogens is 491 g/mol. The van der Waals surface area contributed by atoms with E-state index in [2.05, 4.69) is 10.6 Å². The molecule has 38 heavy (non-hydrogen) atoms. The molecule has 2 aromatic heterocycles. The molecule has 0 aliphatic heterocycles. The highest BCUT2D eigenvalue weighted by Gasteiger charge is 2.34. The van der Waals surface area contributed by atoms with Crippen LogP contribution in [0, 0.1) is 5.92 Å². The number of hydrogen-bond acceptors (Lipinski definition) is 6. The van der Waals surface area contributed by atoms with Crippen molar-refractivity contribution < 1.29 is 17.6 Å². The number of para-hydroxylation sites is 1. The summed E-state index contributed by atoms with van der Waals surface area (Å²) in [6.07, 6.45) is -0.231. The molecule has 4 aromatic rings. The molecule has 2 aromatic carbocycles. The minimum atomic E-state index is -4.43. The van der Waals surface area contributed by atoms with Crippen molar-refractivity contribution in [2.24, 2.45) is 5.92 Å². The first-order chi connectivity index (χ1) is 18.3. The molecule has 0 saturated heterocycles. The van der Waals surface area contributed by atoms with E-state index in [0.717, 1.165) is 55.0 Å². The highest BCUT2D eigenvalue weighted by Crippen LogP contribution is 2.37. The summed E-state index contributed by atoms with van der Waals surface area (Å²) in [5, 5.41) is 7.99. The minimum absolute atomic E-state index is 0.0603. The third-order valence-corrected chi connectivity index (χ3v) is 7.08. The zero-order valence-electron chi connectivity index (χ0n) is 21.6. The highest BCUT2D eigenvalue weighted by atomic mass is 19.4. The van der Waals surface area contributed by atoms with E-state index in [-0.39, 0.29) is 11.3 Å². The number of fused-ring (bicyclic) bond motifs is 1. The second-order valence-electron chi connectivity index (χ2n) is 10.1. The van der Waals surface area contributed by atoms with Crippen LogP contribution in [0.3, 0.4) is 0 Å². The van der Waals surface area contributed by atoms with Gasteiger partial charge in [0.15, 0.2) is 0 Å². The fraction of sp³-hybridized carbons (Fsp3) is 0.379. The van der Waals surface area contributed by atoms with Crippen LogP contribution in [0.1, 0.15) is 37.0 Å². The van der Waals surface area contributed by atoms with Crippen molar-refractivity contribution in [3.05, 3.63) is 72.0 Å². The topological polar surface area (TPSA) is 66.2 Å². The van der Waals surface area contributed by atoms with Gasteiger partial charge < -0.3 is 20.0 Å². The molecule has 0 bridgehead atoms. The molecule has 0 atom stereocenters. The van der Waals surface area contributed by atoms with Gasteiger partial charge in [-0.15, -0.1) is 0 Å². The van der Waals surface area contributed by atoms with Gasteiger partial charge in [-0.1, -0.05) is 30.3 Å². The van der Waals surface area contributed by atoms with Crippen molar-refractivity contribution in [2.45, 2.75) is 44.4 Å². The number of furan rings is 1. The highest BCUT2D eigenvalue weighted by molar-refractivity contribution is 5.90. The molecule has 2 N–H and O–H groups in total. The molecule has 2 heterocycles. The summed E-state index contributed by atoms with van der Waals surface area (Å²) in [6, 6.07) is 17.2. The summed E-state index contributed by atoms with van der Waals surface area (Å²) in [6.45, 7) is 1.31. The molecule has 0 radical (unpaired) electrons. The monoisotopic (exact) mass is 523 g/mol. The van der Waals surface area contributed by atoms with Crippen LogP contribution in [-0.2, 0) is 12.7 Å². The fourth-order valence-electron chi connectivity index (χ4n) is 5.12. The molecule has 6 nitrogen and oxygen atoms in total. The average Bonchev–Trinajstić information content (AvgIpc) is 3.37. The Balaban J connectivity index is 1.12. The minimum Gasteiger partial charge on any atom is -0.460 e. The number of nitrogens with zero attached hydrogens (tertiary/aromatic N) is 3. The second-order valence-corrected chi connectivity index (χ2v) is 10.1. The van der Waals surface area contributed by atoms with E-state index in [9.17, 15) is 13.2 Å². The number of halogens is 3. The van der Waals surface area contributed by atoms with Crippen LogP contribution in [-0.4, -0.2) is 36.6 Å². The fourth-order valence-corrected chi connectivity index (χ4v) is 5.12. The summed E-state index contributed by atoms with van der Waals surface area (Å²) in [4.78, 5) is 11.5. The normalized spacial score (nSPS) is 18.0. The molecule has 0 unspecified atom stereocenters. The van der Waals surface area contributed by atoms with Gasteiger partial charge in [-0.2, -0.15) is 18.2 Å². The predicted octanol–water partition coefficient (Wildman–Crippen LogP) is 6.74. The Morgan fingerprint density at radius 1 is 0.921 bits per heavy atom. The van der Waals surface area contributed by atoms with Crippen molar-refractivity contribution in [3.63, 3.8) is 0 Å². The maximum absolute atomic E-state index is 13.3. The number of hydrogen-bond donors (Lipinski definition) is 2. The van der Waals surface area contributed by atoms with E-state index in [1.54, 1.807) is 18.2 Å². The molecule has 9 heteroatoms. The summed E-state index contributed by atoms with van der Waals surface area (Å²) >= 11 is 0. The molecule has 200 valence electrons. The van der Waals surface area contributed by atoms with Gasteiger partial charge in [-0.3, -0.25) is 0 Å². The Morgan fingerprint density at radius 2 is 1.66 bits per heavy atom. The average molecular weight is 524 g/mol. The summed E-state index contributed by atoms with van der Waals surface area (Å²) in [5.41, 5.74) is 0.297. The maximum atomic E-state index is 13.3. The third kappa shape index (κ3) is 5.93. The zero-order valence-corrected chi connectivity index (χ0v) is 21.6. The van der Waals surface area contributed by atoms with E-state index in [0.29, 0.717) is 30.2 Å².